The highest BCUT2D eigenvalue weighted by Crippen LogP contribution is 2.38. The summed E-state index contributed by atoms with van der Waals surface area (Å²) in [5.74, 6) is -0.0354. The van der Waals surface area contributed by atoms with Crippen LogP contribution in [0.1, 0.15) is 42.0 Å². The first kappa shape index (κ1) is 25.9. The molecule has 1 saturated carbocycles. The van der Waals surface area contributed by atoms with Gasteiger partial charge in [0.15, 0.2) is 0 Å². The molecule has 4 aromatic rings. The van der Waals surface area contributed by atoms with E-state index in [1.807, 2.05) is 36.4 Å². The zero-order chi connectivity index (χ0) is 25.5. The minimum Gasteiger partial charge on any atom is -0.481 e. The molecule has 0 saturated heterocycles. The van der Waals surface area contributed by atoms with E-state index in [0.29, 0.717) is 40.7 Å². The SMILES string of the molecule is Cl.N#Cc1ccccc1-c1ccc(-c2nc(-c3ccc4c(c3)CCC4NC3CC(C(=O)O)C3)no2)cc1Cl. The minimum atomic E-state index is -0.698. The Bertz CT molecular complexity index is 1560. The Morgan fingerprint density at radius 2 is 1.87 bits per heavy atom. The van der Waals surface area contributed by atoms with Crippen LogP contribution < -0.4 is 5.32 Å². The summed E-state index contributed by atoms with van der Waals surface area (Å²) >= 11 is 6.58. The fourth-order valence-corrected chi connectivity index (χ4v) is 5.59. The molecular formula is C29H24Cl2N4O3. The number of hydrogen-bond donors (Lipinski definition) is 2. The summed E-state index contributed by atoms with van der Waals surface area (Å²) in [5, 5.41) is 26.8. The van der Waals surface area contributed by atoms with E-state index in [9.17, 15) is 10.1 Å². The maximum atomic E-state index is 11.1. The molecule has 1 unspecified atom stereocenters. The van der Waals surface area contributed by atoms with Crippen molar-refractivity contribution in [1.82, 2.24) is 15.5 Å². The third-order valence-electron chi connectivity index (χ3n) is 7.38. The standard InChI is InChI=1S/C29H23ClN4O3.ClH/c30-25-14-18(6-9-24(25)22-4-2-1-3-19(22)15-31)28-33-27(34-37-28)17-5-8-23-16(11-17)7-10-26(23)32-21-12-20(13-21)29(35)36;/h1-6,8-9,11,14,20-21,26,32H,7,10,12-13H2,(H,35,36);1H. The number of hydrogen-bond acceptors (Lipinski definition) is 6. The van der Waals surface area contributed by atoms with Crippen LogP contribution in [0.3, 0.4) is 0 Å². The van der Waals surface area contributed by atoms with Crippen molar-refractivity contribution in [2.75, 3.05) is 0 Å². The largest absolute Gasteiger partial charge is 0.481 e. The van der Waals surface area contributed by atoms with Crippen molar-refractivity contribution in [2.24, 2.45) is 5.92 Å². The monoisotopic (exact) mass is 546 g/mol. The van der Waals surface area contributed by atoms with Gasteiger partial charge in [-0.15, -0.1) is 12.4 Å². The van der Waals surface area contributed by atoms with Gasteiger partial charge in [0, 0.05) is 39.4 Å². The van der Waals surface area contributed by atoms with Gasteiger partial charge < -0.3 is 14.9 Å². The molecule has 0 amide bonds. The number of halogens is 2. The second-order valence-corrected chi connectivity index (χ2v) is 10.1. The zero-order valence-corrected chi connectivity index (χ0v) is 21.8. The smallest absolute Gasteiger partial charge is 0.306 e. The Hall–Kier alpha value is -3.70. The molecule has 2 N–H and O–H groups in total. The summed E-state index contributed by atoms with van der Waals surface area (Å²) in [7, 11) is 0. The van der Waals surface area contributed by atoms with Crippen LogP contribution >= 0.6 is 24.0 Å². The fraction of sp³-hybridized carbons (Fsp3) is 0.241. The summed E-state index contributed by atoms with van der Waals surface area (Å²) < 4.78 is 5.56. The number of benzene rings is 3. The van der Waals surface area contributed by atoms with E-state index in [1.165, 1.54) is 11.1 Å². The number of carboxylic acids is 1. The Morgan fingerprint density at radius 3 is 2.63 bits per heavy atom. The van der Waals surface area contributed by atoms with Crippen molar-refractivity contribution >= 4 is 30.0 Å². The van der Waals surface area contributed by atoms with Crippen molar-refractivity contribution in [3.05, 3.63) is 82.4 Å². The van der Waals surface area contributed by atoms with Crippen molar-refractivity contribution < 1.29 is 14.4 Å². The van der Waals surface area contributed by atoms with Gasteiger partial charge in [0.2, 0.25) is 5.82 Å². The molecule has 0 bridgehead atoms. The Balaban J connectivity index is 0.00000294. The molecule has 0 radical (unpaired) electrons. The van der Waals surface area contributed by atoms with Gasteiger partial charge in [0.25, 0.3) is 5.89 Å². The molecule has 38 heavy (non-hydrogen) atoms. The normalized spacial score (nSPS) is 19.6. The number of nitriles is 1. The minimum absolute atomic E-state index is 0. The Kier molecular flexibility index (Phi) is 7.22. The predicted octanol–water partition coefficient (Wildman–Crippen LogP) is 6.46. The lowest BCUT2D eigenvalue weighted by Gasteiger charge is -2.35. The van der Waals surface area contributed by atoms with Gasteiger partial charge in [0.1, 0.15) is 0 Å². The molecule has 192 valence electrons. The van der Waals surface area contributed by atoms with Gasteiger partial charge in [-0.3, -0.25) is 4.79 Å². The van der Waals surface area contributed by atoms with E-state index in [2.05, 4.69) is 33.7 Å². The van der Waals surface area contributed by atoms with Gasteiger partial charge in [-0.25, -0.2) is 0 Å². The van der Waals surface area contributed by atoms with Gasteiger partial charge in [-0.1, -0.05) is 53.2 Å². The summed E-state index contributed by atoms with van der Waals surface area (Å²) in [6.07, 6.45) is 3.33. The van der Waals surface area contributed by atoms with E-state index in [1.54, 1.807) is 12.1 Å². The summed E-state index contributed by atoms with van der Waals surface area (Å²) in [5.41, 5.74) is 6.19. The molecule has 1 aromatic heterocycles. The number of carbonyl (C=O) groups is 1. The number of fused-ring (bicyclic) bond motifs is 1. The molecule has 2 aliphatic carbocycles. The molecule has 1 fully saturated rings. The van der Waals surface area contributed by atoms with Gasteiger partial charge in [0.05, 0.1) is 17.6 Å². The fourth-order valence-electron chi connectivity index (χ4n) is 5.31. The van der Waals surface area contributed by atoms with Crippen LogP contribution in [0.4, 0.5) is 0 Å². The molecule has 2 aliphatic rings. The Labute approximate surface area is 230 Å². The van der Waals surface area contributed by atoms with Crippen molar-refractivity contribution in [3.8, 4) is 40.0 Å². The summed E-state index contributed by atoms with van der Waals surface area (Å²) in [4.78, 5) is 15.7. The van der Waals surface area contributed by atoms with Crippen LogP contribution in [0.5, 0.6) is 0 Å². The summed E-state index contributed by atoms with van der Waals surface area (Å²) in [6.45, 7) is 0. The highest BCUT2D eigenvalue weighted by Gasteiger charge is 2.36. The lowest BCUT2D eigenvalue weighted by Crippen LogP contribution is -2.45. The lowest BCUT2D eigenvalue weighted by molar-refractivity contribution is -0.145. The van der Waals surface area contributed by atoms with Crippen LogP contribution in [0, 0.1) is 17.2 Å². The molecule has 0 aliphatic heterocycles. The third kappa shape index (κ3) is 4.79. The van der Waals surface area contributed by atoms with Gasteiger partial charge >= 0.3 is 5.97 Å². The van der Waals surface area contributed by atoms with E-state index >= 15 is 0 Å². The lowest BCUT2D eigenvalue weighted by atomic mass is 9.80. The quantitative estimate of drug-likeness (QED) is 0.285. The topological polar surface area (TPSA) is 112 Å². The van der Waals surface area contributed by atoms with E-state index in [4.69, 9.17) is 21.2 Å². The molecule has 6 rings (SSSR count). The molecule has 7 nitrogen and oxygen atoms in total. The third-order valence-corrected chi connectivity index (χ3v) is 7.70. The number of carboxylic acid groups (broad SMARTS) is 1. The second kappa shape index (κ2) is 10.6. The van der Waals surface area contributed by atoms with Crippen LogP contribution in [-0.4, -0.2) is 27.3 Å². The van der Waals surface area contributed by atoms with Crippen molar-refractivity contribution in [1.29, 1.82) is 5.26 Å². The molecular weight excluding hydrogens is 523 g/mol. The first-order valence-corrected chi connectivity index (χ1v) is 12.6. The van der Waals surface area contributed by atoms with E-state index in [-0.39, 0.29) is 30.4 Å². The first-order chi connectivity index (χ1) is 18.0. The summed E-state index contributed by atoms with van der Waals surface area (Å²) in [6, 6.07) is 21.8. The Morgan fingerprint density at radius 1 is 1.08 bits per heavy atom. The van der Waals surface area contributed by atoms with Crippen LogP contribution in [0.15, 0.2) is 65.2 Å². The average molecular weight is 547 g/mol. The second-order valence-electron chi connectivity index (χ2n) is 9.65. The molecule has 0 spiro atoms. The van der Waals surface area contributed by atoms with E-state index < -0.39 is 5.97 Å². The number of rotatable bonds is 6. The molecule has 9 heteroatoms. The molecule has 3 aromatic carbocycles. The number of aryl methyl sites for hydroxylation is 1. The highest BCUT2D eigenvalue weighted by molar-refractivity contribution is 6.33. The molecule has 1 heterocycles. The van der Waals surface area contributed by atoms with Gasteiger partial charge in [-0.05, 0) is 61.1 Å². The van der Waals surface area contributed by atoms with Crippen LogP contribution in [0.2, 0.25) is 5.02 Å². The van der Waals surface area contributed by atoms with Crippen molar-refractivity contribution in [3.63, 3.8) is 0 Å². The highest BCUT2D eigenvalue weighted by atomic mass is 35.5. The average Bonchev–Trinajstić information content (AvgIpc) is 3.53. The first-order valence-electron chi connectivity index (χ1n) is 12.3. The number of aromatic nitrogens is 2. The number of nitrogens with zero attached hydrogens (tertiary/aromatic N) is 3. The van der Waals surface area contributed by atoms with Crippen LogP contribution in [0.25, 0.3) is 34.0 Å². The van der Waals surface area contributed by atoms with Crippen molar-refractivity contribution in [2.45, 2.75) is 37.8 Å². The van der Waals surface area contributed by atoms with Gasteiger partial charge in [-0.2, -0.15) is 10.2 Å². The zero-order valence-electron chi connectivity index (χ0n) is 20.2. The van der Waals surface area contributed by atoms with Crippen LogP contribution in [-0.2, 0) is 11.2 Å². The van der Waals surface area contributed by atoms with E-state index in [0.717, 1.165) is 29.5 Å². The molecule has 1 atom stereocenters. The number of aliphatic carboxylic acids is 1. The maximum Gasteiger partial charge on any atom is 0.306 e. The number of nitrogens with one attached hydrogen (secondary N) is 1. The predicted molar refractivity (Wildman–Crippen MR) is 146 cm³/mol. The maximum absolute atomic E-state index is 11.1.